The second kappa shape index (κ2) is 3.53. The van der Waals surface area contributed by atoms with Gasteiger partial charge >= 0.3 is 0 Å². The van der Waals surface area contributed by atoms with Crippen LogP contribution in [0.3, 0.4) is 0 Å². The average Bonchev–Trinajstić information content (AvgIpc) is 2.03. The maximum absolute atomic E-state index is 10.6. The van der Waals surface area contributed by atoms with E-state index in [1.54, 1.807) is 19.1 Å². The molecule has 0 aliphatic carbocycles. The van der Waals surface area contributed by atoms with E-state index < -0.39 is 4.92 Å². The van der Waals surface area contributed by atoms with E-state index in [0.29, 0.717) is 5.56 Å². The molecule has 0 aliphatic heterocycles. The van der Waals surface area contributed by atoms with Crippen molar-refractivity contribution in [2.75, 3.05) is 0 Å². The normalized spacial score (nSPS) is 12.5. The predicted molar refractivity (Wildman–Crippen MR) is 50.4 cm³/mol. The number of aryl methyl sites for hydroxylation is 1. The van der Waals surface area contributed by atoms with Gasteiger partial charge in [0.05, 0.1) is 4.92 Å². The number of nitrogens with two attached hydrogens (primary N) is 1. The first-order chi connectivity index (χ1) is 6.02. The second-order valence-corrected chi connectivity index (χ2v) is 3.11. The molecule has 0 bridgehead atoms. The minimum Gasteiger partial charge on any atom is -0.324 e. The van der Waals surface area contributed by atoms with Crippen LogP contribution in [0.1, 0.15) is 24.1 Å². The third-order valence-electron chi connectivity index (χ3n) is 1.87. The summed E-state index contributed by atoms with van der Waals surface area (Å²) in [6.07, 6.45) is 0. The molecule has 0 spiro atoms. The standard InChI is InChI=1S/C9H12N2O2/c1-6-3-4-8(7(2)10)9(5-6)11(12)13/h3-5,7H,10H2,1-2H3/t7-/m1/s1. The number of benzene rings is 1. The van der Waals surface area contributed by atoms with E-state index in [1.807, 2.05) is 13.0 Å². The van der Waals surface area contributed by atoms with Crippen molar-refractivity contribution in [3.8, 4) is 0 Å². The Morgan fingerprint density at radius 3 is 2.62 bits per heavy atom. The van der Waals surface area contributed by atoms with Crippen LogP contribution in [0.15, 0.2) is 18.2 Å². The average molecular weight is 180 g/mol. The maximum atomic E-state index is 10.6. The van der Waals surface area contributed by atoms with Gasteiger partial charge < -0.3 is 5.73 Å². The Bertz CT molecular complexity index is 334. The quantitative estimate of drug-likeness (QED) is 0.558. The monoisotopic (exact) mass is 180 g/mol. The molecule has 0 fully saturated rings. The summed E-state index contributed by atoms with van der Waals surface area (Å²) in [7, 11) is 0. The van der Waals surface area contributed by atoms with Crippen molar-refractivity contribution >= 4 is 5.69 Å². The summed E-state index contributed by atoms with van der Waals surface area (Å²) in [6.45, 7) is 3.55. The number of rotatable bonds is 2. The van der Waals surface area contributed by atoms with E-state index in [9.17, 15) is 10.1 Å². The van der Waals surface area contributed by atoms with Gasteiger partial charge in [0.25, 0.3) is 5.69 Å². The van der Waals surface area contributed by atoms with Crippen LogP contribution in [0.5, 0.6) is 0 Å². The molecule has 1 aromatic rings. The largest absolute Gasteiger partial charge is 0.324 e. The molecule has 2 N–H and O–H groups in total. The van der Waals surface area contributed by atoms with Crippen molar-refractivity contribution in [1.82, 2.24) is 0 Å². The molecule has 70 valence electrons. The van der Waals surface area contributed by atoms with Gasteiger partial charge in [0.15, 0.2) is 0 Å². The van der Waals surface area contributed by atoms with E-state index >= 15 is 0 Å². The fraction of sp³-hybridized carbons (Fsp3) is 0.333. The van der Waals surface area contributed by atoms with Crippen molar-refractivity contribution in [2.45, 2.75) is 19.9 Å². The maximum Gasteiger partial charge on any atom is 0.274 e. The molecule has 0 radical (unpaired) electrons. The molecule has 0 unspecified atom stereocenters. The second-order valence-electron chi connectivity index (χ2n) is 3.11. The Kier molecular flexibility index (Phi) is 2.63. The van der Waals surface area contributed by atoms with Gasteiger partial charge in [-0.05, 0) is 19.4 Å². The molecule has 4 heteroatoms. The van der Waals surface area contributed by atoms with Gasteiger partial charge in [-0.3, -0.25) is 10.1 Å². The summed E-state index contributed by atoms with van der Waals surface area (Å²) in [5, 5.41) is 10.6. The van der Waals surface area contributed by atoms with Crippen LogP contribution < -0.4 is 5.73 Å². The first-order valence-corrected chi connectivity index (χ1v) is 4.03. The van der Waals surface area contributed by atoms with Crippen LogP contribution in [0, 0.1) is 17.0 Å². The van der Waals surface area contributed by atoms with Crippen LogP contribution in [-0.2, 0) is 0 Å². The lowest BCUT2D eigenvalue weighted by atomic mass is 10.0. The molecule has 0 heterocycles. The lowest BCUT2D eigenvalue weighted by Gasteiger charge is -2.06. The predicted octanol–water partition coefficient (Wildman–Crippen LogP) is 1.92. The molecule has 0 saturated heterocycles. The Labute approximate surface area is 76.5 Å². The summed E-state index contributed by atoms with van der Waals surface area (Å²) >= 11 is 0. The number of nitro groups is 1. The highest BCUT2D eigenvalue weighted by Gasteiger charge is 2.15. The van der Waals surface area contributed by atoms with Crippen LogP contribution in [0.2, 0.25) is 0 Å². The van der Waals surface area contributed by atoms with Crippen molar-refractivity contribution in [1.29, 1.82) is 0 Å². The van der Waals surface area contributed by atoms with E-state index in [1.165, 1.54) is 0 Å². The van der Waals surface area contributed by atoms with E-state index in [4.69, 9.17) is 5.73 Å². The summed E-state index contributed by atoms with van der Waals surface area (Å²) in [5.74, 6) is 0. The fourth-order valence-electron chi connectivity index (χ4n) is 1.20. The fourth-order valence-corrected chi connectivity index (χ4v) is 1.20. The SMILES string of the molecule is Cc1ccc([C@@H](C)N)c([N+](=O)[O-])c1. The minimum atomic E-state index is -0.397. The van der Waals surface area contributed by atoms with Gasteiger partial charge in [-0.2, -0.15) is 0 Å². The number of nitrogens with zero attached hydrogens (tertiary/aromatic N) is 1. The van der Waals surface area contributed by atoms with Crippen molar-refractivity contribution in [2.24, 2.45) is 5.73 Å². The zero-order valence-electron chi connectivity index (χ0n) is 7.65. The molecule has 1 aromatic carbocycles. The third-order valence-corrected chi connectivity index (χ3v) is 1.87. The third kappa shape index (κ3) is 2.03. The molecule has 1 atom stereocenters. The number of hydrogen-bond acceptors (Lipinski definition) is 3. The van der Waals surface area contributed by atoms with Gasteiger partial charge in [-0.25, -0.2) is 0 Å². The lowest BCUT2D eigenvalue weighted by Crippen LogP contribution is -2.08. The highest BCUT2D eigenvalue weighted by molar-refractivity contribution is 5.44. The molecule has 0 saturated carbocycles. The Hall–Kier alpha value is -1.42. The van der Waals surface area contributed by atoms with Gasteiger partial charge in [0.2, 0.25) is 0 Å². The molecule has 0 amide bonds. The van der Waals surface area contributed by atoms with Crippen molar-refractivity contribution in [3.05, 3.63) is 39.4 Å². The minimum absolute atomic E-state index is 0.106. The molecule has 13 heavy (non-hydrogen) atoms. The Balaban J connectivity index is 3.27. The zero-order chi connectivity index (χ0) is 10.0. The van der Waals surface area contributed by atoms with Crippen LogP contribution in [-0.4, -0.2) is 4.92 Å². The zero-order valence-corrected chi connectivity index (χ0v) is 7.65. The highest BCUT2D eigenvalue weighted by Crippen LogP contribution is 2.24. The van der Waals surface area contributed by atoms with Crippen molar-refractivity contribution in [3.63, 3.8) is 0 Å². The number of hydrogen-bond donors (Lipinski definition) is 1. The summed E-state index contributed by atoms with van der Waals surface area (Å²) in [6, 6.07) is 4.77. The van der Waals surface area contributed by atoms with E-state index in [0.717, 1.165) is 5.56 Å². The van der Waals surface area contributed by atoms with E-state index in [2.05, 4.69) is 0 Å². The molecule has 0 aromatic heterocycles. The lowest BCUT2D eigenvalue weighted by molar-refractivity contribution is -0.385. The summed E-state index contributed by atoms with van der Waals surface area (Å²) < 4.78 is 0. The topological polar surface area (TPSA) is 69.2 Å². The Morgan fingerprint density at radius 2 is 2.15 bits per heavy atom. The van der Waals surface area contributed by atoms with Crippen LogP contribution in [0.4, 0.5) is 5.69 Å². The van der Waals surface area contributed by atoms with Gasteiger partial charge in [-0.15, -0.1) is 0 Å². The van der Waals surface area contributed by atoms with Gasteiger partial charge in [0, 0.05) is 17.7 Å². The van der Waals surface area contributed by atoms with Gasteiger partial charge in [-0.1, -0.05) is 12.1 Å². The van der Waals surface area contributed by atoms with Gasteiger partial charge in [0.1, 0.15) is 0 Å². The molecular formula is C9H12N2O2. The smallest absolute Gasteiger partial charge is 0.274 e. The first kappa shape index (κ1) is 9.67. The first-order valence-electron chi connectivity index (χ1n) is 4.03. The van der Waals surface area contributed by atoms with Crippen LogP contribution >= 0.6 is 0 Å². The summed E-state index contributed by atoms with van der Waals surface area (Å²) in [5.41, 5.74) is 7.16. The Morgan fingerprint density at radius 1 is 1.54 bits per heavy atom. The van der Waals surface area contributed by atoms with Crippen LogP contribution in [0.25, 0.3) is 0 Å². The number of nitro benzene ring substituents is 1. The molecule has 1 rings (SSSR count). The highest BCUT2D eigenvalue weighted by atomic mass is 16.6. The molecular weight excluding hydrogens is 168 g/mol. The molecule has 4 nitrogen and oxygen atoms in total. The molecule has 0 aliphatic rings. The van der Waals surface area contributed by atoms with E-state index in [-0.39, 0.29) is 11.7 Å². The summed E-state index contributed by atoms with van der Waals surface area (Å²) in [4.78, 5) is 10.2. The van der Waals surface area contributed by atoms with Crippen molar-refractivity contribution < 1.29 is 4.92 Å².